The van der Waals surface area contributed by atoms with Crippen molar-refractivity contribution >= 4 is 11.6 Å². The first-order chi connectivity index (χ1) is 7.65. The van der Waals surface area contributed by atoms with E-state index in [1.54, 1.807) is 0 Å². The molecule has 0 bridgehead atoms. The van der Waals surface area contributed by atoms with E-state index in [0.29, 0.717) is 12.5 Å². The summed E-state index contributed by atoms with van der Waals surface area (Å²) in [4.78, 5) is 2.25. The fraction of sp³-hybridized carbons (Fsp3) is 0.462. The van der Waals surface area contributed by atoms with E-state index < -0.39 is 0 Å². The highest BCUT2D eigenvalue weighted by atomic mass is 35.5. The molecule has 0 aliphatic heterocycles. The monoisotopic (exact) mass is 236 g/mol. The highest BCUT2D eigenvalue weighted by Crippen LogP contribution is 2.18. The zero-order valence-corrected chi connectivity index (χ0v) is 10.5. The molecular formula is C13H17ClN2. The third-order valence-electron chi connectivity index (χ3n) is 2.57. The molecule has 0 spiro atoms. The SMILES string of the molecule is CC(C)N(CCC#N)Cc1ccccc1Cl. The van der Waals surface area contributed by atoms with Gasteiger partial charge in [0.25, 0.3) is 0 Å². The van der Waals surface area contributed by atoms with Crippen LogP contribution in [0.1, 0.15) is 25.8 Å². The van der Waals surface area contributed by atoms with E-state index in [2.05, 4.69) is 24.8 Å². The van der Waals surface area contributed by atoms with Gasteiger partial charge in [-0.05, 0) is 25.5 Å². The molecule has 0 radical (unpaired) electrons. The fourth-order valence-electron chi connectivity index (χ4n) is 1.56. The van der Waals surface area contributed by atoms with Crippen molar-refractivity contribution in [2.24, 2.45) is 0 Å². The van der Waals surface area contributed by atoms with Crippen LogP contribution in [0.15, 0.2) is 24.3 Å². The maximum atomic E-state index is 8.61. The van der Waals surface area contributed by atoms with E-state index in [1.807, 2.05) is 24.3 Å². The van der Waals surface area contributed by atoms with Crippen LogP contribution in [0.2, 0.25) is 5.02 Å². The van der Waals surface area contributed by atoms with Crippen LogP contribution in [-0.2, 0) is 6.54 Å². The quantitative estimate of drug-likeness (QED) is 0.783. The van der Waals surface area contributed by atoms with Crippen molar-refractivity contribution in [2.75, 3.05) is 6.54 Å². The Morgan fingerprint density at radius 1 is 1.38 bits per heavy atom. The molecule has 0 aliphatic rings. The van der Waals surface area contributed by atoms with Crippen LogP contribution in [0.4, 0.5) is 0 Å². The predicted octanol–water partition coefficient (Wildman–Crippen LogP) is 3.46. The molecule has 0 unspecified atom stereocenters. The Morgan fingerprint density at radius 3 is 2.62 bits per heavy atom. The molecule has 1 aromatic rings. The Kier molecular flexibility index (Phi) is 5.31. The Hall–Kier alpha value is -1.04. The van der Waals surface area contributed by atoms with Crippen LogP contribution in [-0.4, -0.2) is 17.5 Å². The van der Waals surface area contributed by atoms with Crippen molar-refractivity contribution in [2.45, 2.75) is 32.9 Å². The van der Waals surface area contributed by atoms with Gasteiger partial charge in [-0.25, -0.2) is 0 Å². The summed E-state index contributed by atoms with van der Waals surface area (Å²) in [7, 11) is 0. The number of nitrogens with zero attached hydrogens (tertiary/aromatic N) is 2. The highest BCUT2D eigenvalue weighted by molar-refractivity contribution is 6.31. The van der Waals surface area contributed by atoms with Crippen molar-refractivity contribution < 1.29 is 0 Å². The van der Waals surface area contributed by atoms with Crippen LogP contribution in [0.5, 0.6) is 0 Å². The second-order valence-corrected chi connectivity index (χ2v) is 4.47. The van der Waals surface area contributed by atoms with Gasteiger partial charge in [0.05, 0.1) is 6.07 Å². The van der Waals surface area contributed by atoms with Crippen LogP contribution < -0.4 is 0 Å². The number of nitriles is 1. The van der Waals surface area contributed by atoms with E-state index in [9.17, 15) is 0 Å². The lowest BCUT2D eigenvalue weighted by atomic mass is 10.2. The molecule has 3 heteroatoms. The molecule has 0 saturated carbocycles. The highest BCUT2D eigenvalue weighted by Gasteiger charge is 2.11. The molecule has 1 rings (SSSR count). The summed E-state index contributed by atoms with van der Waals surface area (Å²) in [6, 6.07) is 10.5. The number of hydrogen-bond acceptors (Lipinski definition) is 2. The van der Waals surface area contributed by atoms with Gasteiger partial charge in [0, 0.05) is 30.6 Å². The summed E-state index contributed by atoms with van der Waals surface area (Å²) in [6.45, 7) is 5.86. The Balaban J connectivity index is 2.69. The molecule has 16 heavy (non-hydrogen) atoms. The maximum Gasteiger partial charge on any atom is 0.0635 e. The Labute approximate surface area is 102 Å². The molecular weight excluding hydrogens is 220 g/mol. The molecule has 0 amide bonds. The minimum absolute atomic E-state index is 0.421. The third kappa shape index (κ3) is 3.84. The summed E-state index contributed by atoms with van der Waals surface area (Å²) in [5, 5.41) is 9.41. The predicted molar refractivity (Wildman–Crippen MR) is 67.2 cm³/mol. The van der Waals surface area contributed by atoms with Gasteiger partial charge in [0.15, 0.2) is 0 Å². The zero-order chi connectivity index (χ0) is 12.0. The van der Waals surface area contributed by atoms with Crippen LogP contribution in [0.25, 0.3) is 0 Å². The normalized spacial score (nSPS) is 10.8. The number of halogens is 1. The summed E-state index contributed by atoms with van der Waals surface area (Å²) < 4.78 is 0. The standard InChI is InChI=1S/C13H17ClN2/c1-11(2)16(9-5-8-15)10-12-6-3-4-7-13(12)14/h3-4,6-7,11H,5,9-10H2,1-2H3. The minimum atomic E-state index is 0.421. The van der Waals surface area contributed by atoms with Crippen molar-refractivity contribution in [1.82, 2.24) is 4.90 Å². The van der Waals surface area contributed by atoms with Crippen molar-refractivity contribution in [3.63, 3.8) is 0 Å². The molecule has 2 nitrogen and oxygen atoms in total. The maximum absolute atomic E-state index is 8.61. The fourth-order valence-corrected chi connectivity index (χ4v) is 1.75. The van der Waals surface area contributed by atoms with Crippen LogP contribution in [0.3, 0.4) is 0 Å². The molecule has 0 fully saturated rings. The first kappa shape index (κ1) is 13.0. The average Bonchev–Trinajstić information content (AvgIpc) is 2.26. The van der Waals surface area contributed by atoms with E-state index in [-0.39, 0.29) is 0 Å². The van der Waals surface area contributed by atoms with Gasteiger partial charge in [-0.1, -0.05) is 29.8 Å². The second kappa shape index (κ2) is 6.52. The van der Waals surface area contributed by atoms with Gasteiger partial charge in [-0.2, -0.15) is 5.26 Å². The van der Waals surface area contributed by atoms with Gasteiger partial charge in [0.2, 0.25) is 0 Å². The first-order valence-corrected chi connectivity index (χ1v) is 5.87. The van der Waals surface area contributed by atoms with Gasteiger partial charge >= 0.3 is 0 Å². The number of benzene rings is 1. The van der Waals surface area contributed by atoms with E-state index >= 15 is 0 Å². The summed E-state index contributed by atoms with van der Waals surface area (Å²) in [6.07, 6.45) is 0.558. The van der Waals surface area contributed by atoms with Gasteiger partial charge < -0.3 is 0 Å². The van der Waals surface area contributed by atoms with Crippen molar-refractivity contribution in [3.05, 3.63) is 34.9 Å². The molecule has 0 N–H and O–H groups in total. The van der Waals surface area contributed by atoms with Crippen LogP contribution >= 0.6 is 11.6 Å². The van der Waals surface area contributed by atoms with E-state index in [1.165, 1.54) is 0 Å². The molecule has 0 aliphatic carbocycles. The van der Waals surface area contributed by atoms with E-state index in [0.717, 1.165) is 23.7 Å². The lowest BCUT2D eigenvalue weighted by molar-refractivity contribution is 0.218. The Bertz CT molecular complexity index is 368. The number of hydrogen-bond donors (Lipinski definition) is 0. The molecule has 0 atom stereocenters. The third-order valence-corrected chi connectivity index (χ3v) is 2.94. The molecule has 0 aromatic heterocycles. The largest absolute Gasteiger partial charge is 0.296 e. The summed E-state index contributed by atoms with van der Waals surface area (Å²) in [5.41, 5.74) is 1.12. The molecule has 0 saturated heterocycles. The lowest BCUT2D eigenvalue weighted by Crippen LogP contribution is -2.31. The summed E-state index contributed by atoms with van der Waals surface area (Å²) >= 11 is 6.12. The number of rotatable bonds is 5. The van der Waals surface area contributed by atoms with E-state index in [4.69, 9.17) is 16.9 Å². The van der Waals surface area contributed by atoms with Gasteiger partial charge in [-0.15, -0.1) is 0 Å². The van der Waals surface area contributed by atoms with Crippen molar-refractivity contribution in [3.8, 4) is 6.07 Å². The summed E-state index contributed by atoms with van der Waals surface area (Å²) in [5.74, 6) is 0. The smallest absolute Gasteiger partial charge is 0.0635 e. The Morgan fingerprint density at radius 2 is 2.06 bits per heavy atom. The first-order valence-electron chi connectivity index (χ1n) is 5.49. The van der Waals surface area contributed by atoms with Crippen LogP contribution in [0, 0.1) is 11.3 Å². The average molecular weight is 237 g/mol. The second-order valence-electron chi connectivity index (χ2n) is 4.06. The molecule has 0 heterocycles. The van der Waals surface area contributed by atoms with Crippen molar-refractivity contribution in [1.29, 1.82) is 5.26 Å². The lowest BCUT2D eigenvalue weighted by Gasteiger charge is -2.25. The minimum Gasteiger partial charge on any atom is -0.296 e. The van der Waals surface area contributed by atoms with Gasteiger partial charge in [0.1, 0.15) is 0 Å². The molecule has 86 valence electrons. The van der Waals surface area contributed by atoms with Gasteiger partial charge in [-0.3, -0.25) is 4.90 Å². The molecule has 1 aromatic carbocycles. The zero-order valence-electron chi connectivity index (χ0n) is 9.78. The topological polar surface area (TPSA) is 27.0 Å².